The van der Waals surface area contributed by atoms with Crippen molar-refractivity contribution < 1.29 is 14.4 Å². The van der Waals surface area contributed by atoms with Gasteiger partial charge in [0.25, 0.3) is 0 Å². The van der Waals surface area contributed by atoms with E-state index in [-0.39, 0.29) is 30.7 Å². The highest BCUT2D eigenvalue weighted by Crippen LogP contribution is 2.20. The van der Waals surface area contributed by atoms with E-state index in [1.54, 1.807) is 34.1 Å². The number of carbonyl (C=O) groups excluding carboxylic acids is 3. The van der Waals surface area contributed by atoms with Gasteiger partial charge in [0.05, 0.1) is 11.3 Å². The van der Waals surface area contributed by atoms with Crippen molar-refractivity contribution in [2.45, 2.75) is 20.3 Å². The van der Waals surface area contributed by atoms with Gasteiger partial charge in [-0.25, -0.2) is 0 Å². The Morgan fingerprint density at radius 3 is 2.24 bits per heavy atom. The molecule has 1 heterocycles. The number of rotatable bonds is 4. The molecular weight excluding hydrogens is 320 g/mol. The molecule has 0 saturated carbocycles. The van der Waals surface area contributed by atoms with Gasteiger partial charge in [-0.1, -0.05) is 12.1 Å². The molecule has 0 N–H and O–H groups in total. The third-order valence-corrected chi connectivity index (χ3v) is 4.32. The van der Waals surface area contributed by atoms with Crippen LogP contribution in [0.1, 0.15) is 25.8 Å². The first-order valence-electron chi connectivity index (χ1n) is 8.24. The van der Waals surface area contributed by atoms with Crippen LogP contribution in [0.25, 0.3) is 0 Å². The summed E-state index contributed by atoms with van der Waals surface area (Å²) in [6.45, 7) is 5.25. The average molecular weight is 342 g/mol. The van der Waals surface area contributed by atoms with Crippen molar-refractivity contribution in [1.82, 2.24) is 9.80 Å². The monoisotopic (exact) mass is 342 g/mol. The molecule has 0 radical (unpaired) electrons. The molecule has 2 rings (SSSR count). The fourth-order valence-corrected chi connectivity index (χ4v) is 2.89. The maximum absolute atomic E-state index is 12.4. The Balaban J connectivity index is 1.98. The summed E-state index contributed by atoms with van der Waals surface area (Å²) >= 11 is 0. The number of benzene rings is 1. The summed E-state index contributed by atoms with van der Waals surface area (Å²) in [6, 6.07) is 8.92. The molecule has 132 valence electrons. The highest BCUT2D eigenvalue weighted by molar-refractivity contribution is 5.93. The molecule has 1 aliphatic heterocycles. The molecule has 1 fully saturated rings. The van der Waals surface area contributed by atoms with Gasteiger partial charge in [0.15, 0.2) is 0 Å². The zero-order valence-corrected chi connectivity index (χ0v) is 14.6. The second kappa shape index (κ2) is 8.29. The SMILES string of the molecule is CC(=O)N1CCN(C(=O)CCN(C(C)=O)c2ccccc2C#N)CC1. The van der Waals surface area contributed by atoms with E-state index >= 15 is 0 Å². The van der Waals surface area contributed by atoms with E-state index in [9.17, 15) is 19.6 Å². The number of nitriles is 1. The minimum Gasteiger partial charge on any atom is -0.339 e. The largest absolute Gasteiger partial charge is 0.339 e. The maximum Gasteiger partial charge on any atom is 0.224 e. The number of hydrogen-bond acceptors (Lipinski definition) is 4. The summed E-state index contributed by atoms with van der Waals surface area (Å²) in [7, 11) is 0. The maximum atomic E-state index is 12.4. The van der Waals surface area contributed by atoms with E-state index < -0.39 is 0 Å². The van der Waals surface area contributed by atoms with Crippen molar-refractivity contribution in [1.29, 1.82) is 5.26 Å². The third-order valence-electron chi connectivity index (χ3n) is 4.32. The molecule has 0 atom stereocenters. The Bertz CT molecular complexity index is 703. The van der Waals surface area contributed by atoms with Gasteiger partial charge < -0.3 is 14.7 Å². The van der Waals surface area contributed by atoms with Gasteiger partial charge >= 0.3 is 0 Å². The lowest BCUT2D eigenvalue weighted by atomic mass is 10.1. The van der Waals surface area contributed by atoms with Crippen LogP contribution < -0.4 is 4.90 Å². The number of nitrogens with zero attached hydrogens (tertiary/aromatic N) is 4. The van der Waals surface area contributed by atoms with Gasteiger partial charge in [0.1, 0.15) is 6.07 Å². The van der Waals surface area contributed by atoms with E-state index in [1.807, 2.05) is 0 Å². The molecule has 0 unspecified atom stereocenters. The molecule has 0 aromatic heterocycles. The number of para-hydroxylation sites is 1. The summed E-state index contributed by atoms with van der Waals surface area (Å²) in [6.07, 6.45) is 0.180. The van der Waals surface area contributed by atoms with Crippen LogP contribution in [0, 0.1) is 11.3 Å². The molecule has 0 spiro atoms. The van der Waals surface area contributed by atoms with E-state index in [0.29, 0.717) is 37.4 Å². The Kier molecular flexibility index (Phi) is 6.12. The Morgan fingerprint density at radius 2 is 1.68 bits per heavy atom. The van der Waals surface area contributed by atoms with Gasteiger partial charge in [-0.2, -0.15) is 5.26 Å². The first-order chi connectivity index (χ1) is 11.9. The Hall–Kier alpha value is -2.88. The summed E-state index contributed by atoms with van der Waals surface area (Å²) in [5, 5.41) is 9.20. The summed E-state index contributed by atoms with van der Waals surface area (Å²) < 4.78 is 0. The lowest BCUT2D eigenvalue weighted by Gasteiger charge is -2.34. The standard InChI is InChI=1S/C18H22N4O3/c1-14(23)20-9-11-21(12-10-20)18(25)7-8-22(15(2)24)17-6-4-3-5-16(17)13-19/h3-6H,7-12H2,1-2H3. The highest BCUT2D eigenvalue weighted by atomic mass is 16.2. The van der Waals surface area contributed by atoms with Crippen LogP contribution in [0.5, 0.6) is 0 Å². The number of carbonyl (C=O) groups is 3. The number of hydrogen-bond donors (Lipinski definition) is 0. The second-order valence-corrected chi connectivity index (χ2v) is 5.94. The number of anilines is 1. The molecule has 3 amide bonds. The Labute approximate surface area is 147 Å². The van der Waals surface area contributed by atoms with Crippen LogP contribution in [-0.4, -0.2) is 60.2 Å². The van der Waals surface area contributed by atoms with Crippen LogP contribution in [0.2, 0.25) is 0 Å². The summed E-state index contributed by atoms with van der Waals surface area (Å²) in [5.74, 6) is -0.247. The van der Waals surface area contributed by atoms with Gasteiger partial charge in [0.2, 0.25) is 17.7 Å². The molecule has 7 nitrogen and oxygen atoms in total. The smallest absolute Gasteiger partial charge is 0.224 e. The minimum absolute atomic E-state index is 0.0166. The average Bonchev–Trinajstić information content (AvgIpc) is 2.61. The molecule has 0 bridgehead atoms. The fraction of sp³-hybridized carbons (Fsp3) is 0.444. The van der Waals surface area contributed by atoms with Crippen LogP contribution in [0.15, 0.2) is 24.3 Å². The summed E-state index contributed by atoms with van der Waals surface area (Å²) in [4.78, 5) is 40.6. The summed E-state index contributed by atoms with van der Waals surface area (Å²) in [5.41, 5.74) is 0.923. The van der Waals surface area contributed by atoms with Crippen LogP contribution in [0.3, 0.4) is 0 Å². The van der Waals surface area contributed by atoms with E-state index in [0.717, 1.165) is 0 Å². The van der Waals surface area contributed by atoms with Gasteiger partial charge in [0, 0.05) is 53.0 Å². The van der Waals surface area contributed by atoms with Crippen LogP contribution in [-0.2, 0) is 14.4 Å². The molecule has 7 heteroatoms. The zero-order valence-electron chi connectivity index (χ0n) is 14.6. The third kappa shape index (κ3) is 4.57. The van der Waals surface area contributed by atoms with Crippen LogP contribution in [0.4, 0.5) is 5.69 Å². The zero-order chi connectivity index (χ0) is 18.4. The molecule has 1 saturated heterocycles. The molecule has 1 aliphatic rings. The predicted octanol–water partition coefficient (Wildman–Crippen LogP) is 0.992. The van der Waals surface area contributed by atoms with Gasteiger partial charge in [-0.05, 0) is 12.1 Å². The highest BCUT2D eigenvalue weighted by Gasteiger charge is 2.23. The first kappa shape index (κ1) is 18.5. The quantitative estimate of drug-likeness (QED) is 0.817. The predicted molar refractivity (Wildman–Crippen MR) is 92.6 cm³/mol. The minimum atomic E-state index is -0.211. The topological polar surface area (TPSA) is 84.7 Å². The van der Waals surface area contributed by atoms with Crippen LogP contribution >= 0.6 is 0 Å². The van der Waals surface area contributed by atoms with Crippen molar-refractivity contribution in [3.8, 4) is 6.07 Å². The van der Waals surface area contributed by atoms with E-state index in [2.05, 4.69) is 6.07 Å². The van der Waals surface area contributed by atoms with E-state index in [1.165, 1.54) is 18.7 Å². The van der Waals surface area contributed by atoms with E-state index in [4.69, 9.17) is 0 Å². The van der Waals surface area contributed by atoms with Crippen molar-refractivity contribution in [2.24, 2.45) is 0 Å². The lowest BCUT2D eigenvalue weighted by molar-refractivity contribution is -0.138. The van der Waals surface area contributed by atoms with Crippen molar-refractivity contribution in [2.75, 3.05) is 37.6 Å². The first-order valence-corrected chi connectivity index (χ1v) is 8.24. The lowest BCUT2D eigenvalue weighted by Crippen LogP contribution is -2.50. The fourth-order valence-electron chi connectivity index (χ4n) is 2.89. The number of amides is 3. The Morgan fingerprint density at radius 1 is 1.08 bits per heavy atom. The molecule has 25 heavy (non-hydrogen) atoms. The molecule has 1 aromatic rings. The van der Waals surface area contributed by atoms with Crippen molar-refractivity contribution >= 4 is 23.4 Å². The van der Waals surface area contributed by atoms with Crippen molar-refractivity contribution in [3.05, 3.63) is 29.8 Å². The molecule has 0 aliphatic carbocycles. The normalized spacial score (nSPS) is 14.0. The second-order valence-electron chi connectivity index (χ2n) is 5.94. The van der Waals surface area contributed by atoms with Gasteiger partial charge in [-0.15, -0.1) is 0 Å². The van der Waals surface area contributed by atoms with Crippen molar-refractivity contribution in [3.63, 3.8) is 0 Å². The molecular formula is C18H22N4O3. The molecule has 1 aromatic carbocycles. The van der Waals surface area contributed by atoms with Gasteiger partial charge in [-0.3, -0.25) is 14.4 Å². The number of piperazine rings is 1.